The summed E-state index contributed by atoms with van der Waals surface area (Å²) in [5, 5.41) is 6.01. The molecular weight excluding hydrogens is 427 g/mol. The lowest BCUT2D eigenvalue weighted by atomic mass is 10.0. The Morgan fingerprint density at radius 3 is 2.36 bits per heavy atom. The number of rotatable bonds is 9. The van der Waals surface area contributed by atoms with Gasteiger partial charge < -0.3 is 16.4 Å². The first-order valence-electron chi connectivity index (χ1n) is 8.79. The number of benzene rings is 1. The van der Waals surface area contributed by atoms with Gasteiger partial charge in [-0.1, -0.05) is 38.8 Å². The lowest BCUT2D eigenvalue weighted by Gasteiger charge is -2.15. The zero-order valence-electron chi connectivity index (χ0n) is 15.8. The van der Waals surface area contributed by atoms with Crippen LogP contribution in [0.15, 0.2) is 29.3 Å². The molecule has 0 fully saturated rings. The number of amides is 1. The highest BCUT2D eigenvalue weighted by Gasteiger charge is 2.04. The van der Waals surface area contributed by atoms with Crippen LogP contribution in [0.25, 0.3) is 0 Å². The Balaban J connectivity index is 0.00000576. The van der Waals surface area contributed by atoms with Crippen LogP contribution in [-0.4, -0.2) is 24.5 Å². The Morgan fingerprint density at radius 2 is 1.80 bits per heavy atom. The molecule has 1 aromatic carbocycles. The molecule has 5 nitrogen and oxygen atoms in total. The number of guanidine groups is 1. The van der Waals surface area contributed by atoms with Gasteiger partial charge >= 0.3 is 0 Å². The predicted molar refractivity (Wildman–Crippen MR) is 118 cm³/mol. The van der Waals surface area contributed by atoms with Gasteiger partial charge in [-0.2, -0.15) is 0 Å². The number of hydrogen-bond acceptors (Lipinski definition) is 2. The first-order valence-corrected chi connectivity index (χ1v) is 8.79. The fraction of sp³-hybridized carbons (Fsp3) is 0.579. The summed E-state index contributed by atoms with van der Waals surface area (Å²) in [5.41, 5.74) is 7.92. The first kappa shape index (κ1) is 23.7. The van der Waals surface area contributed by atoms with Gasteiger partial charge in [-0.15, -0.1) is 24.0 Å². The molecule has 25 heavy (non-hydrogen) atoms. The second-order valence-corrected chi connectivity index (χ2v) is 6.77. The van der Waals surface area contributed by atoms with Crippen molar-refractivity contribution >= 4 is 41.5 Å². The van der Waals surface area contributed by atoms with Crippen molar-refractivity contribution in [3.05, 3.63) is 29.8 Å². The van der Waals surface area contributed by atoms with E-state index in [-0.39, 0.29) is 29.9 Å². The summed E-state index contributed by atoms with van der Waals surface area (Å²) in [5.74, 6) is 1.20. The molecule has 1 aromatic rings. The van der Waals surface area contributed by atoms with Crippen LogP contribution in [0.4, 0.5) is 5.69 Å². The van der Waals surface area contributed by atoms with Crippen molar-refractivity contribution in [3.8, 4) is 0 Å². The van der Waals surface area contributed by atoms with Crippen molar-refractivity contribution in [2.24, 2.45) is 16.6 Å². The number of anilines is 1. The van der Waals surface area contributed by atoms with E-state index in [9.17, 15) is 4.79 Å². The lowest BCUT2D eigenvalue weighted by molar-refractivity contribution is -0.114. The van der Waals surface area contributed by atoms with Crippen LogP contribution in [0.5, 0.6) is 0 Å². The minimum Gasteiger partial charge on any atom is -0.370 e. The van der Waals surface area contributed by atoms with Gasteiger partial charge in [-0.05, 0) is 43.4 Å². The molecular formula is C19H33IN4O. The van der Waals surface area contributed by atoms with Crippen LogP contribution in [0.1, 0.15) is 52.5 Å². The van der Waals surface area contributed by atoms with E-state index in [4.69, 9.17) is 5.73 Å². The molecule has 6 heteroatoms. The minimum atomic E-state index is -0.0614. The van der Waals surface area contributed by atoms with Crippen LogP contribution in [-0.2, 0) is 11.2 Å². The molecule has 0 spiro atoms. The third kappa shape index (κ3) is 11.8. The van der Waals surface area contributed by atoms with Crippen LogP contribution < -0.4 is 16.4 Å². The van der Waals surface area contributed by atoms with Gasteiger partial charge in [0, 0.05) is 25.2 Å². The molecule has 0 bridgehead atoms. The van der Waals surface area contributed by atoms with Crippen LogP contribution in [0.2, 0.25) is 0 Å². The van der Waals surface area contributed by atoms with Gasteiger partial charge in [0.15, 0.2) is 5.96 Å². The molecule has 0 aliphatic rings. The summed E-state index contributed by atoms with van der Waals surface area (Å²) in [6.45, 7) is 8.79. The van der Waals surface area contributed by atoms with Crippen molar-refractivity contribution in [2.45, 2.75) is 59.4 Å². The fourth-order valence-electron chi connectivity index (χ4n) is 2.47. The number of hydrogen-bond donors (Lipinski definition) is 3. The summed E-state index contributed by atoms with van der Waals surface area (Å²) in [4.78, 5) is 15.4. The minimum absolute atomic E-state index is 0. The van der Waals surface area contributed by atoms with Crippen molar-refractivity contribution in [2.75, 3.05) is 11.9 Å². The molecule has 0 aliphatic carbocycles. The molecule has 1 rings (SSSR count). The van der Waals surface area contributed by atoms with Gasteiger partial charge in [-0.3, -0.25) is 9.79 Å². The average Bonchev–Trinajstić information content (AvgIpc) is 2.48. The van der Waals surface area contributed by atoms with Gasteiger partial charge in [-0.25, -0.2) is 0 Å². The summed E-state index contributed by atoms with van der Waals surface area (Å²) in [6, 6.07) is 8.15. The lowest BCUT2D eigenvalue weighted by Crippen LogP contribution is -2.38. The molecule has 0 aliphatic heterocycles. The average molecular weight is 460 g/mol. The molecule has 0 heterocycles. The zero-order chi connectivity index (χ0) is 17.9. The quantitative estimate of drug-likeness (QED) is 0.297. The van der Waals surface area contributed by atoms with E-state index >= 15 is 0 Å². The smallest absolute Gasteiger partial charge is 0.221 e. The van der Waals surface area contributed by atoms with E-state index in [0.717, 1.165) is 24.4 Å². The zero-order valence-corrected chi connectivity index (χ0v) is 18.2. The highest BCUT2D eigenvalue weighted by Crippen LogP contribution is 2.10. The van der Waals surface area contributed by atoms with Crippen LogP contribution >= 0.6 is 24.0 Å². The second-order valence-electron chi connectivity index (χ2n) is 6.77. The maximum Gasteiger partial charge on any atom is 0.221 e. The fourth-order valence-corrected chi connectivity index (χ4v) is 2.47. The van der Waals surface area contributed by atoms with E-state index in [1.54, 1.807) is 0 Å². The van der Waals surface area contributed by atoms with E-state index in [0.29, 0.717) is 18.5 Å². The maximum absolute atomic E-state index is 11.0. The van der Waals surface area contributed by atoms with Crippen molar-refractivity contribution in [3.63, 3.8) is 0 Å². The Labute approximate surface area is 169 Å². The van der Waals surface area contributed by atoms with E-state index in [1.807, 2.05) is 24.3 Å². The molecule has 0 radical (unpaired) electrons. The normalized spacial score (nSPS) is 12.4. The number of nitrogens with two attached hydrogens (primary N) is 1. The number of aliphatic imine (C=N–C) groups is 1. The highest BCUT2D eigenvalue weighted by molar-refractivity contribution is 14.0. The molecule has 4 N–H and O–H groups in total. The molecule has 1 unspecified atom stereocenters. The third-order valence-electron chi connectivity index (χ3n) is 3.77. The number of nitrogens with zero attached hydrogens (tertiary/aromatic N) is 1. The first-order chi connectivity index (χ1) is 11.4. The Hall–Kier alpha value is -1.31. The SMILES string of the molecule is CC(=O)Nc1ccc(CCN=C(N)NC(C)CCCC(C)C)cc1.I. The predicted octanol–water partition coefficient (Wildman–Crippen LogP) is 3.92. The summed E-state index contributed by atoms with van der Waals surface area (Å²) < 4.78 is 0. The largest absolute Gasteiger partial charge is 0.370 e. The molecule has 0 saturated carbocycles. The van der Waals surface area contributed by atoms with Gasteiger partial charge in [0.05, 0.1) is 0 Å². The van der Waals surface area contributed by atoms with Crippen LogP contribution in [0, 0.1) is 5.92 Å². The number of halogens is 1. The topological polar surface area (TPSA) is 79.5 Å². The van der Waals surface area contributed by atoms with Crippen LogP contribution in [0.3, 0.4) is 0 Å². The van der Waals surface area contributed by atoms with Crippen molar-refractivity contribution < 1.29 is 4.79 Å². The number of nitrogens with one attached hydrogen (secondary N) is 2. The van der Waals surface area contributed by atoms with E-state index < -0.39 is 0 Å². The van der Waals surface area contributed by atoms with Gasteiger partial charge in [0.25, 0.3) is 0 Å². The Kier molecular flexibility index (Phi) is 12.3. The Morgan fingerprint density at radius 1 is 1.16 bits per heavy atom. The monoisotopic (exact) mass is 460 g/mol. The highest BCUT2D eigenvalue weighted by atomic mass is 127. The maximum atomic E-state index is 11.0. The third-order valence-corrected chi connectivity index (χ3v) is 3.77. The molecule has 0 aromatic heterocycles. The summed E-state index contributed by atoms with van der Waals surface area (Å²) in [7, 11) is 0. The van der Waals surface area contributed by atoms with Gasteiger partial charge in [0.1, 0.15) is 0 Å². The Bertz CT molecular complexity index is 529. The second kappa shape index (κ2) is 13.0. The van der Waals surface area contributed by atoms with E-state index in [1.165, 1.54) is 25.3 Å². The summed E-state index contributed by atoms with van der Waals surface area (Å²) in [6.07, 6.45) is 4.39. The molecule has 142 valence electrons. The molecule has 1 atom stereocenters. The van der Waals surface area contributed by atoms with Crippen molar-refractivity contribution in [1.29, 1.82) is 0 Å². The molecule has 0 saturated heterocycles. The summed E-state index contributed by atoms with van der Waals surface area (Å²) >= 11 is 0. The van der Waals surface area contributed by atoms with Gasteiger partial charge in [0.2, 0.25) is 5.91 Å². The number of carbonyl (C=O) groups is 1. The molecule has 1 amide bonds. The number of carbonyl (C=O) groups excluding carboxylic acids is 1. The van der Waals surface area contributed by atoms with Crippen molar-refractivity contribution in [1.82, 2.24) is 5.32 Å². The van der Waals surface area contributed by atoms with E-state index in [2.05, 4.69) is 36.4 Å². The standard InChI is InChI=1S/C19H32N4O.HI/c1-14(2)6-5-7-15(3)22-19(20)21-13-12-17-8-10-18(11-9-17)23-16(4)24;/h8-11,14-15H,5-7,12-13H2,1-4H3,(H,23,24)(H3,20,21,22);1H.